The zero-order chi connectivity index (χ0) is 22.4. The van der Waals surface area contributed by atoms with E-state index in [1.807, 2.05) is 0 Å². The number of rotatable bonds is 5. The molecule has 0 saturated heterocycles. The summed E-state index contributed by atoms with van der Waals surface area (Å²) in [6.07, 6.45) is 0. The van der Waals surface area contributed by atoms with Gasteiger partial charge in [0, 0.05) is 22.6 Å². The lowest BCUT2D eigenvalue weighted by atomic mass is 9.94. The third kappa shape index (κ3) is 3.61. The van der Waals surface area contributed by atoms with E-state index in [1.54, 1.807) is 0 Å². The third-order valence-electron chi connectivity index (χ3n) is 4.55. The number of ether oxygens (including phenoxy) is 1. The second kappa shape index (κ2) is 7.32. The van der Waals surface area contributed by atoms with Crippen molar-refractivity contribution in [3.05, 3.63) is 42.0 Å². The Bertz CT molecular complexity index is 1410. The number of nitrogens with one attached hydrogen (secondary N) is 1. The minimum atomic E-state index is -4.66. The summed E-state index contributed by atoms with van der Waals surface area (Å²) in [5.74, 6) is -0.227. The second-order valence-corrected chi connectivity index (χ2v) is 9.13. The van der Waals surface area contributed by atoms with Gasteiger partial charge in [-0.15, -0.1) is 0 Å². The van der Waals surface area contributed by atoms with Crippen molar-refractivity contribution in [1.29, 1.82) is 5.53 Å². The Balaban J connectivity index is 2.47. The zero-order valence-electron chi connectivity index (χ0n) is 15.6. The van der Waals surface area contributed by atoms with Crippen molar-refractivity contribution in [1.82, 2.24) is 0 Å². The smallest absolute Gasteiger partial charge is 0.296 e. The molecule has 0 amide bonds. The lowest BCUT2D eigenvalue weighted by Gasteiger charge is -2.16. The maximum atomic E-state index is 11.6. The van der Waals surface area contributed by atoms with E-state index in [2.05, 4.69) is 5.11 Å². The number of hydrogen-bond acceptors (Lipinski definition) is 8. The van der Waals surface area contributed by atoms with Gasteiger partial charge in [-0.1, -0.05) is 6.07 Å². The Morgan fingerprint density at radius 2 is 1.53 bits per heavy atom. The highest BCUT2D eigenvalue weighted by Crippen LogP contribution is 2.45. The molecule has 0 atom stereocenters. The molecular formula is C18H16N2O8S2. The fraction of sp³-hybridized carbons (Fsp3) is 0.111. The number of aryl methyl sites for hydroxylation is 1. The van der Waals surface area contributed by atoms with E-state index in [0.717, 1.165) is 12.1 Å². The lowest BCUT2D eigenvalue weighted by molar-refractivity contribution is 0.413. The van der Waals surface area contributed by atoms with Gasteiger partial charge in [-0.2, -0.15) is 21.9 Å². The first kappa shape index (κ1) is 21.6. The molecule has 0 fully saturated rings. The van der Waals surface area contributed by atoms with Crippen molar-refractivity contribution in [2.45, 2.75) is 16.7 Å². The molecule has 10 nitrogen and oxygen atoms in total. The molecule has 0 aliphatic carbocycles. The number of hydrogen-bond donors (Lipinski definition) is 4. The molecule has 3 rings (SSSR count). The van der Waals surface area contributed by atoms with Crippen LogP contribution in [0, 0.1) is 12.5 Å². The maximum absolute atomic E-state index is 11.6. The van der Waals surface area contributed by atoms with E-state index in [4.69, 9.17) is 10.3 Å². The largest absolute Gasteiger partial charge is 0.507 e. The quantitative estimate of drug-likeness (QED) is 0.335. The number of phenolic OH excluding ortho intramolecular Hbond substituents is 1. The van der Waals surface area contributed by atoms with E-state index in [1.165, 1.54) is 38.3 Å². The molecule has 0 radical (unpaired) electrons. The molecule has 0 aliphatic rings. The van der Waals surface area contributed by atoms with Crippen molar-refractivity contribution in [2.75, 3.05) is 7.11 Å². The number of nitrogens with zero attached hydrogens (tertiary/aromatic N) is 1. The molecule has 4 N–H and O–H groups in total. The number of fused-ring (bicyclic) bond motifs is 1. The first-order chi connectivity index (χ1) is 13.9. The predicted octanol–water partition coefficient (Wildman–Crippen LogP) is 3.69. The number of methoxy groups -OCH3 is 1. The van der Waals surface area contributed by atoms with Gasteiger partial charge < -0.3 is 9.84 Å². The van der Waals surface area contributed by atoms with Crippen LogP contribution in [-0.4, -0.2) is 38.2 Å². The SMILES string of the molecule is COc1cc(S(=O)(=O)O)c(C)cc1-c1c(O)ccc2c(N=N)c(S(=O)(=O)O)ccc12. The van der Waals surface area contributed by atoms with Crippen LogP contribution in [0.3, 0.4) is 0 Å². The summed E-state index contributed by atoms with van der Waals surface area (Å²) in [7, 11) is -7.92. The normalized spacial score (nSPS) is 12.1. The predicted molar refractivity (Wildman–Crippen MR) is 107 cm³/mol. The molecule has 158 valence electrons. The molecule has 3 aromatic carbocycles. The van der Waals surface area contributed by atoms with Crippen LogP contribution in [0.1, 0.15) is 5.56 Å². The van der Waals surface area contributed by atoms with Crippen LogP contribution in [0.5, 0.6) is 11.5 Å². The standard InChI is InChI=1S/C18H16N2O8S2/c1-9-7-12(14(28-2)8-16(9)30(25,26)27)17-10-4-6-15(29(22,23)24)18(20-19)11(10)3-5-13(17)21/h3-8,19,21H,1-2H3,(H,22,23,24)(H,25,26,27). The van der Waals surface area contributed by atoms with Gasteiger partial charge in [0.1, 0.15) is 27.0 Å². The number of aromatic hydroxyl groups is 1. The molecule has 0 spiro atoms. The third-order valence-corrected chi connectivity index (χ3v) is 6.43. The van der Waals surface area contributed by atoms with Gasteiger partial charge in [-0.25, -0.2) is 5.53 Å². The fourth-order valence-corrected chi connectivity index (χ4v) is 4.64. The molecular weight excluding hydrogens is 436 g/mol. The summed E-state index contributed by atoms with van der Waals surface area (Å²) in [5, 5.41) is 14.2. The molecule has 0 saturated carbocycles. The molecule has 0 aliphatic heterocycles. The Hall–Kier alpha value is -3.06. The Labute approximate surface area is 171 Å². The van der Waals surface area contributed by atoms with E-state index in [9.17, 15) is 31.0 Å². The Morgan fingerprint density at radius 1 is 0.933 bits per heavy atom. The summed E-state index contributed by atoms with van der Waals surface area (Å²) in [6, 6.07) is 7.41. The number of benzene rings is 3. The molecule has 12 heteroatoms. The van der Waals surface area contributed by atoms with Crippen LogP contribution in [0.2, 0.25) is 0 Å². The summed E-state index contributed by atoms with van der Waals surface area (Å²) in [6.45, 7) is 1.44. The number of phenols is 1. The average molecular weight is 452 g/mol. The molecule has 30 heavy (non-hydrogen) atoms. The topological polar surface area (TPSA) is 174 Å². The second-order valence-electron chi connectivity index (χ2n) is 6.35. The lowest BCUT2D eigenvalue weighted by Crippen LogP contribution is -2.03. The van der Waals surface area contributed by atoms with Crippen LogP contribution in [0.4, 0.5) is 5.69 Å². The van der Waals surface area contributed by atoms with Crippen LogP contribution < -0.4 is 4.74 Å². The van der Waals surface area contributed by atoms with E-state index >= 15 is 0 Å². The molecule has 0 bridgehead atoms. The Kier molecular flexibility index (Phi) is 5.28. The van der Waals surface area contributed by atoms with Crippen molar-refractivity contribution < 1.29 is 35.8 Å². The van der Waals surface area contributed by atoms with Crippen LogP contribution in [-0.2, 0) is 20.2 Å². The van der Waals surface area contributed by atoms with E-state index in [-0.39, 0.29) is 49.5 Å². The van der Waals surface area contributed by atoms with Gasteiger partial charge in [-0.05, 0) is 42.1 Å². The van der Waals surface area contributed by atoms with E-state index in [0.29, 0.717) is 0 Å². The van der Waals surface area contributed by atoms with Gasteiger partial charge in [0.05, 0.1) is 7.11 Å². The fourth-order valence-electron chi connectivity index (χ4n) is 3.28. The highest BCUT2D eigenvalue weighted by atomic mass is 32.2. The highest BCUT2D eigenvalue weighted by Gasteiger charge is 2.24. The van der Waals surface area contributed by atoms with Gasteiger partial charge >= 0.3 is 0 Å². The Morgan fingerprint density at radius 3 is 2.07 bits per heavy atom. The summed E-state index contributed by atoms with van der Waals surface area (Å²) in [4.78, 5) is -0.954. The molecule has 0 heterocycles. The van der Waals surface area contributed by atoms with Gasteiger partial charge in [-0.3, -0.25) is 9.11 Å². The monoisotopic (exact) mass is 452 g/mol. The first-order valence-electron chi connectivity index (χ1n) is 8.20. The van der Waals surface area contributed by atoms with Gasteiger partial charge in [0.2, 0.25) is 0 Å². The molecule has 0 unspecified atom stereocenters. The first-order valence-corrected chi connectivity index (χ1v) is 11.1. The highest BCUT2D eigenvalue weighted by molar-refractivity contribution is 7.86. The van der Waals surface area contributed by atoms with E-state index < -0.39 is 25.1 Å². The molecule has 3 aromatic rings. The summed E-state index contributed by atoms with van der Waals surface area (Å²) >= 11 is 0. The van der Waals surface area contributed by atoms with Crippen LogP contribution >= 0.6 is 0 Å². The maximum Gasteiger partial charge on any atom is 0.296 e. The minimum absolute atomic E-state index is 0.0132. The summed E-state index contributed by atoms with van der Waals surface area (Å²) < 4.78 is 70.5. The van der Waals surface area contributed by atoms with Crippen LogP contribution in [0.15, 0.2) is 51.3 Å². The van der Waals surface area contributed by atoms with Crippen molar-refractivity contribution >= 4 is 36.7 Å². The minimum Gasteiger partial charge on any atom is -0.507 e. The molecule has 0 aromatic heterocycles. The van der Waals surface area contributed by atoms with Gasteiger partial charge in [0.25, 0.3) is 20.2 Å². The van der Waals surface area contributed by atoms with Crippen molar-refractivity contribution in [3.8, 4) is 22.6 Å². The van der Waals surface area contributed by atoms with Crippen LogP contribution in [0.25, 0.3) is 21.9 Å². The van der Waals surface area contributed by atoms with Gasteiger partial charge in [0.15, 0.2) is 0 Å². The van der Waals surface area contributed by atoms with Crippen molar-refractivity contribution in [2.24, 2.45) is 5.11 Å². The zero-order valence-corrected chi connectivity index (χ0v) is 17.2. The van der Waals surface area contributed by atoms with Crippen molar-refractivity contribution in [3.63, 3.8) is 0 Å². The average Bonchev–Trinajstić information content (AvgIpc) is 2.64. The summed E-state index contributed by atoms with van der Waals surface area (Å²) in [5.41, 5.74) is 7.60.